The highest BCUT2D eigenvalue weighted by molar-refractivity contribution is 7.89. The van der Waals surface area contributed by atoms with E-state index in [4.69, 9.17) is 5.14 Å². The normalized spacial score (nSPS) is 11.6. The van der Waals surface area contributed by atoms with Crippen molar-refractivity contribution in [1.29, 1.82) is 0 Å². The van der Waals surface area contributed by atoms with E-state index in [1.807, 2.05) is 43.9 Å². The first-order valence-electron chi connectivity index (χ1n) is 8.82. The lowest BCUT2D eigenvalue weighted by Crippen LogP contribution is -2.33. The molecule has 1 amide bonds. The zero-order valence-electron chi connectivity index (χ0n) is 16.2. The van der Waals surface area contributed by atoms with Gasteiger partial charge in [-0.15, -0.1) is 0 Å². The number of benzene rings is 2. The lowest BCUT2D eigenvalue weighted by molar-refractivity contribution is -0.117. The van der Waals surface area contributed by atoms with Crippen molar-refractivity contribution in [1.82, 2.24) is 4.90 Å². The fraction of sp³-hybridized carbons (Fsp3) is 0.350. The van der Waals surface area contributed by atoms with Crippen molar-refractivity contribution in [2.45, 2.75) is 39.1 Å². The van der Waals surface area contributed by atoms with Gasteiger partial charge >= 0.3 is 0 Å². The molecule has 0 radical (unpaired) electrons. The van der Waals surface area contributed by atoms with Gasteiger partial charge in [-0.25, -0.2) is 13.6 Å². The fourth-order valence-electron chi connectivity index (χ4n) is 2.86. The van der Waals surface area contributed by atoms with Crippen LogP contribution in [0.15, 0.2) is 41.3 Å². The number of nitrogens with one attached hydrogen (secondary N) is 1. The molecule has 0 saturated heterocycles. The number of nitrogens with two attached hydrogens (primary N) is 1. The molecule has 146 valence electrons. The van der Waals surface area contributed by atoms with Gasteiger partial charge in [0.1, 0.15) is 0 Å². The van der Waals surface area contributed by atoms with Crippen LogP contribution < -0.4 is 10.5 Å². The second-order valence-corrected chi connectivity index (χ2v) is 8.36. The number of nitrogens with zero attached hydrogens (tertiary/aromatic N) is 1. The summed E-state index contributed by atoms with van der Waals surface area (Å²) in [4.78, 5) is 14.5. The highest BCUT2D eigenvalue weighted by Crippen LogP contribution is 2.23. The maximum Gasteiger partial charge on any atom is 0.238 e. The summed E-state index contributed by atoms with van der Waals surface area (Å²) < 4.78 is 23.3. The minimum absolute atomic E-state index is 0.00647. The van der Waals surface area contributed by atoms with Crippen LogP contribution in [-0.2, 0) is 21.4 Å². The Morgan fingerprint density at radius 2 is 1.85 bits per heavy atom. The van der Waals surface area contributed by atoms with Crippen LogP contribution in [0.25, 0.3) is 0 Å². The predicted molar refractivity (Wildman–Crippen MR) is 108 cm³/mol. The van der Waals surface area contributed by atoms with E-state index in [9.17, 15) is 13.2 Å². The molecule has 0 aromatic heterocycles. The molecule has 0 aliphatic heterocycles. The third kappa shape index (κ3) is 5.89. The number of rotatable bonds is 7. The molecule has 0 aliphatic carbocycles. The zero-order valence-corrected chi connectivity index (χ0v) is 17.1. The molecule has 2 rings (SSSR count). The molecule has 27 heavy (non-hydrogen) atoms. The molecule has 0 aliphatic rings. The Bertz CT molecular complexity index is 939. The van der Waals surface area contributed by atoms with Crippen LogP contribution in [0.1, 0.15) is 29.2 Å². The lowest BCUT2D eigenvalue weighted by atomic mass is 10.1. The summed E-state index contributed by atoms with van der Waals surface area (Å²) in [5.74, 6) is -0.196. The number of anilines is 1. The summed E-state index contributed by atoms with van der Waals surface area (Å²) in [7, 11) is -3.83. The second-order valence-electron chi connectivity index (χ2n) is 6.80. The first kappa shape index (κ1) is 21.1. The Kier molecular flexibility index (Phi) is 6.75. The Balaban J connectivity index is 2.13. The molecule has 6 nitrogen and oxygen atoms in total. The summed E-state index contributed by atoms with van der Waals surface area (Å²) in [6, 6.07) is 11.1. The standard InChI is InChI=1S/C20H27N3O3S/c1-5-23(12-17-8-6-7-14(2)9-17)13-20(24)22-19-11-18(27(21,25)26)10-15(3)16(19)4/h6-11H,5,12-13H2,1-4H3,(H,22,24)(H2,21,25,26). The van der Waals surface area contributed by atoms with Gasteiger partial charge in [0.2, 0.25) is 15.9 Å². The van der Waals surface area contributed by atoms with Crippen LogP contribution in [0.2, 0.25) is 0 Å². The molecule has 2 aromatic carbocycles. The third-order valence-corrected chi connectivity index (χ3v) is 5.44. The summed E-state index contributed by atoms with van der Waals surface area (Å²) in [6.07, 6.45) is 0. The summed E-state index contributed by atoms with van der Waals surface area (Å²) >= 11 is 0. The molecular weight excluding hydrogens is 362 g/mol. The first-order valence-corrected chi connectivity index (χ1v) is 10.4. The number of amides is 1. The average Bonchev–Trinajstić information content (AvgIpc) is 2.57. The van der Waals surface area contributed by atoms with Gasteiger partial charge in [-0.2, -0.15) is 0 Å². The molecular formula is C20H27N3O3S. The summed E-state index contributed by atoms with van der Waals surface area (Å²) in [6.45, 7) is 9.26. The minimum atomic E-state index is -3.83. The van der Waals surface area contributed by atoms with Crippen molar-refractivity contribution < 1.29 is 13.2 Å². The van der Waals surface area contributed by atoms with Crippen molar-refractivity contribution in [3.05, 3.63) is 58.7 Å². The number of sulfonamides is 1. The maximum absolute atomic E-state index is 12.5. The van der Waals surface area contributed by atoms with E-state index in [2.05, 4.69) is 11.4 Å². The van der Waals surface area contributed by atoms with Crippen LogP contribution in [0.4, 0.5) is 5.69 Å². The van der Waals surface area contributed by atoms with E-state index < -0.39 is 10.0 Å². The SMILES string of the molecule is CCN(CC(=O)Nc1cc(S(N)(=O)=O)cc(C)c1C)Cc1cccc(C)c1. The van der Waals surface area contributed by atoms with Crippen LogP contribution in [0, 0.1) is 20.8 Å². The van der Waals surface area contributed by atoms with Crippen molar-refractivity contribution >= 4 is 21.6 Å². The van der Waals surface area contributed by atoms with Gasteiger partial charge in [0.05, 0.1) is 11.4 Å². The van der Waals surface area contributed by atoms with Gasteiger partial charge in [0.25, 0.3) is 0 Å². The number of likely N-dealkylation sites (N-methyl/N-ethyl adjacent to an activating group) is 1. The average molecular weight is 390 g/mol. The third-order valence-electron chi connectivity index (χ3n) is 4.55. The van der Waals surface area contributed by atoms with Crippen molar-refractivity contribution in [2.75, 3.05) is 18.4 Å². The highest BCUT2D eigenvalue weighted by Gasteiger charge is 2.16. The van der Waals surface area contributed by atoms with Crippen molar-refractivity contribution in [2.24, 2.45) is 5.14 Å². The monoisotopic (exact) mass is 389 g/mol. The largest absolute Gasteiger partial charge is 0.325 e. The number of hydrogen-bond donors (Lipinski definition) is 2. The van der Waals surface area contributed by atoms with Gasteiger partial charge in [0.15, 0.2) is 0 Å². The predicted octanol–water partition coefficient (Wildman–Crippen LogP) is 2.72. The molecule has 2 aromatic rings. The second kappa shape index (κ2) is 8.65. The molecule has 0 fully saturated rings. The lowest BCUT2D eigenvalue weighted by Gasteiger charge is -2.21. The molecule has 0 heterocycles. The molecule has 0 bridgehead atoms. The quantitative estimate of drug-likeness (QED) is 0.761. The number of carbonyl (C=O) groups excluding carboxylic acids is 1. The van der Waals surface area contributed by atoms with E-state index in [1.165, 1.54) is 17.7 Å². The number of aryl methyl sites for hydroxylation is 2. The van der Waals surface area contributed by atoms with Gasteiger partial charge in [-0.1, -0.05) is 36.8 Å². The highest BCUT2D eigenvalue weighted by atomic mass is 32.2. The maximum atomic E-state index is 12.5. The van der Waals surface area contributed by atoms with Crippen molar-refractivity contribution in [3.63, 3.8) is 0 Å². The summed E-state index contributed by atoms with van der Waals surface area (Å²) in [5.41, 5.74) is 4.36. The van der Waals surface area contributed by atoms with Gasteiger partial charge in [-0.05, 0) is 56.1 Å². The van der Waals surface area contributed by atoms with E-state index in [0.29, 0.717) is 12.2 Å². The fourth-order valence-corrected chi connectivity index (χ4v) is 3.48. The van der Waals surface area contributed by atoms with E-state index in [0.717, 1.165) is 23.2 Å². The molecule has 0 saturated carbocycles. The Hall–Kier alpha value is -2.22. The summed E-state index contributed by atoms with van der Waals surface area (Å²) in [5, 5.41) is 8.05. The van der Waals surface area contributed by atoms with Crippen LogP contribution >= 0.6 is 0 Å². The van der Waals surface area contributed by atoms with Gasteiger partial charge < -0.3 is 5.32 Å². The van der Waals surface area contributed by atoms with E-state index >= 15 is 0 Å². The van der Waals surface area contributed by atoms with Crippen molar-refractivity contribution in [3.8, 4) is 0 Å². The number of hydrogen-bond acceptors (Lipinski definition) is 4. The minimum Gasteiger partial charge on any atom is -0.325 e. The number of primary sulfonamides is 1. The van der Waals surface area contributed by atoms with Crippen LogP contribution in [-0.4, -0.2) is 32.3 Å². The van der Waals surface area contributed by atoms with Gasteiger partial charge in [0, 0.05) is 12.2 Å². The van der Waals surface area contributed by atoms with Gasteiger partial charge in [-0.3, -0.25) is 9.69 Å². The Morgan fingerprint density at radius 3 is 2.44 bits per heavy atom. The van der Waals surface area contributed by atoms with Crippen LogP contribution in [0.3, 0.4) is 0 Å². The Labute approximate surface area is 161 Å². The Morgan fingerprint density at radius 1 is 1.15 bits per heavy atom. The molecule has 7 heteroatoms. The first-order chi connectivity index (χ1) is 12.6. The van der Waals surface area contributed by atoms with Crippen LogP contribution in [0.5, 0.6) is 0 Å². The smallest absolute Gasteiger partial charge is 0.238 e. The number of carbonyl (C=O) groups is 1. The van der Waals surface area contributed by atoms with E-state index in [-0.39, 0.29) is 17.3 Å². The molecule has 0 spiro atoms. The molecule has 0 unspecified atom stereocenters. The molecule has 0 atom stereocenters. The van der Waals surface area contributed by atoms with E-state index in [1.54, 1.807) is 6.92 Å². The zero-order chi connectivity index (χ0) is 20.2. The molecule has 3 N–H and O–H groups in total. The topological polar surface area (TPSA) is 92.5 Å².